The Hall–Kier alpha value is -0.846. The van der Waals surface area contributed by atoms with Crippen LogP contribution in [0.15, 0.2) is 66.3 Å². The summed E-state index contributed by atoms with van der Waals surface area (Å²) in [6.07, 6.45) is 55.8. The van der Waals surface area contributed by atoms with E-state index in [1.165, 1.54) is 154 Å². The minimum atomic E-state index is -1.75. The number of allylic oxidation sites excluding steroid dienone is 12. The van der Waals surface area contributed by atoms with Gasteiger partial charge in [0.25, 0.3) is 0 Å². The van der Waals surface area contributed by atoms with Gasteiger partial charge < -0.3 is 0 Å². The molecule has 1 heteroatoms. The van der Waals surface area contributed by atoms with Gasteiger partial charge in [-0.05, 0) is 0 Å². The van der Waals surface area contributed by atoms with Gasteiger partial charge in [0, 0.05) is 0 Å². The monoisotopic (exact) mass is 537 g/mol. The van der Waals surface area contributed by atoms with E-state index in [1.54, 1.807) is 0 Å². The van der Waals surface area contributed by atoms with Gasteiger partial charge in [-0.25, -0.2) is 0 Å². The van der Waals surface area contributed by atoms with Crippen LogP contribution in [0.3, 0.4) is 0 Å². The predicted octanol–water partition coefficient (Wildman–Crippen LogP) is 12.3. The Morgan fingerprint density at radius 1 is 0.324 bits per heavy atom. The van der Waals surface area contributed by atoms with Crippen LogP contribution < -0.4 is 0 Å². The fraction of sp³-hybridized carbons (Fsp3) is 0.667. The predicted molar refractivity (Wildman–Crippen MR) is 162 cm³/mol. The Morgan fingerprint density at radius 3 is 0.919 bits per heavy atom. The third-order valence-corrected chi connectivity index (χ3v) is 13.4. The van der Waals surface area contributed by atoms with E-state index < -0.39 is 17.9 Å². The van der Waals surface area contributed by atoms with E-state index in [0.29, 0.717) is 0 Å². The molecule has 3 aliphatic carbocycles. The number of rotatable bonds is 3. The zero-order valence-corrected chi connectivity index (χ0v) is 25.7. The van der Waals surface area contributed by atoms with Crippen molar-refractivity contribution >= 4 is 0 Å². The van der Waals surface area contributed by atoms with Gasteiger partial charge in [0.05, 0.1) is 0 Å². The van der Waals surface area contributed by atoms with E-state index in [0.717, 1.165) is 0 Å². The van der Waals surface area contributed by atoms with Crippen LogP contribution in [0, 0.1) is 0 Å². The Labute approximate surface area is 237 Å². The summed E-state index contributed by atoms with van der Waals surface area (Å²) in [5.41, 5.74) is 0. The second-order valence-electron chi connectivity index (χ2n) is 11.7. The molecule has 0 aromatic rings. The molecule has 0 aliphatic heterocycles. The van der Waals surface area contributed by atoms with Crippen molar-refractivity contribution < 1.29 is 17.9 Å². The summed E-state index contributed by atoms with van der Waals surface area (Å²) in [5, 5.41) is 0. The zero-order chi connectivity index (χ0) is 25.6. The maximum atomic E-state index is 2.62. The molecule has 0 aromatic heterocycles. The van der Waals surface area contributed by atoms with Crippen molar-refractivity contribution in [3.05, 3.63) is 66.3 Å². The molecule has 0 aromatic carbocycles. The summed E-state index contributed by atoms with van der Waals surface area (Å²) in [4.78, 5) is 0. The minimum absolute atomic E-state index is 1.26. The second-order valence-corrected chi connectivity index (χ2v) is 15.9. The molecule has 0 unspecified atom stereocenters. The molecule has 0 amide bonds. The Balaban J connectivity index is 1.97. The maximum absolute atomic E-state index is 2.62. The summed E-state index contributed by atoms with van der Waals surface area (Å²) < 4.78 is 5.57. The van der Waals surface area contributed by atoms with Crippen molar-refractivity contribution in [2.75, 3.05) is 0 Å². The molecule has 0 atom stereocenters. The first-order valence-electron chi connectivity index (χ1n) is 16.4. The summed E-state index contributed by atoms with van der Waals surface area (Å²) in [7, 11) is 0. The van der Waals surface area contributed by atoms with Gasteiger partial charge >= 0.3 is 238 Å². The first-order valence-corrected chi connectivity index (χ1v) is 18.7. The van der Waals surface area contributed by atoms with Crippen LogP contribution in [0.25, 0.3) is 0 Å². The van der Waals surface area contributed by atoms with Crippen LogP contribution in [0.4, 0.5) is 0 Å². The van der Waals surface area contributed by atoms with E-state index >= 15 is 0 Å². The normalized spacial score (nSPS) is 29.7. The molecule has 0 radical (unpaired) electrons. The molecule has 3 rings (SSSR count). The van der Waals surface area contributed by atoms with Crippen molar-refractivity contribution in [2.45, 2.75) is 154 Å². The fourth-order valence-corrected chi connectivity index (χ4v) is 11.4. The topological polar surface area (TPSA) is 0 Å². The van der Waals surface area contributed by atoms with Crippen LogP contribution in [0.2, 0.25) is 0 Å². The van der Waals surface area contributed by atoms with Crippen LogP contribution >= 0.6 is 0 Å². The van der Waals surface area contributed by atoms with Crippen molar-refractivity contribution in [2.24, 2.45) is 0 Å². The van der Waals surface area contributed by atoms with E-state index in [1.807, 2.05) is 11.6 Å². The van der Waals surface area contributed by atoms with Crippen LogP contribution in [-0.2, 0) is 17.9 Å². The van der Waals surface area contributed by atoms with Gasteiger partial charge in [-0.15, -0.1) is 0 Å². The second kappa shape index (κ2) is 21.0. The number of hydrogen-bond donors (Lipinski definition) is 0. The molecule has 0 nitrogen and oxygen atoms in total. The molecule has 0 saturated carbocycles. The summed E-state index contributed by atoms with van der Waals surface area (Å²) >= 11 is -1.75. The molecule has 0 saturated heterocycles. The van der Waals surface area contributed by atoms with Gasteiger partial charge in [-0.3, -0.25) is 0 Å². The Kier molecular flexibility index (Phi) is 17.4. The fourth-order valence-electron chi connectivity index (χ4n) is 6.19. The molecule has 0 heterocycles. The van der Waals surface area contributed by atoms with E-state index in [2.05, 4.69) is 54.7 Å². The van der Waals surface area contributed by atoms with Gasteiger partial charge in [-0.2, -0.15) is 0 Å². The molecule has 37 heavy (non-hydrogen) atoms. The molecule has 0 spiro atoms. The van der Waals surface area contributed by atoms with Crippen molar-refractivity contribution in [3.8, 4) is 0 Å². The SMILES string of the molecule is C1=C\CCCCCCCC/[C]([Ti](/[C]2=C\C=C/CCCCCCCC2)/[C]2=C\C=C/CCCCCCCC2)=C/1. The molecule has 0 N–H and O–H groups in total. The Bertz CT molecular complexity index is 670. The molecule has 0 fully saturated rings. The quantitative estimate of drug-likeness (QED) is 0.314. The van der Waals surface area contributed by atoms with Crippen molar-refractivity contribution in [1.82, 2.24) is 0 Å². The number of hydrogen-bond acceptors (Lipinski definition) is 0. The first-order chi connectivity index (χ1) is 18.4. The van der Waals surface area contributed by atoms with E-state index in [9.17, 15) is 0 Å². The van der Waals surface area contributed by atoms with Crippen LogP contribution in [-0.4, -0.2) is 0 Å². The van der Waals surface area contributed by atoms with Gasteiger partial charge in [-0.1, -0.05) is 0 Å². The van der Waals surface area contributed by atoms with Crippen LogP contribution in [0.1, 0.15) is 154 Å². The van der Waals surface area contributed by atoms with Crippen molar-refractivity contribution in [3.63, 3.8) is 0 Å². The Morgan fingerprint density at radius 2 is 0.595 bits per heavy atom. The summed E-state index contributed by atoms with van der Waals surface area (Å²) in [6, 6.07) is 0. The average Bonchev–Trinajstić information content (AvgIpc) is 2.88. The van der Waals surface area contributed by atoms with Gasteiger partial charge in [0.1, 0.15) is 0 Å². The molecular weight excluding hydrogens is 480 g/mol. The standard InChI is InChI=1S/3C12H19.Ti/c3*1-2-4-6-8-10-12-11-9-7-5-3-1;/h3*1-3H,4,6-12H2;/b3*2-1-,5-3?;. The first kappa shape index (κ1) is 30.7. The third kappa shape index (κ3) is 13.7. The van der Waals surface area contributed by atoms with Gasteiger partial charge in [0.15, 0.2) is 0 Å². The molecular formula is C36H57Ti. The zero-order valence-electron chi connectivity index (χ0n) is 24.2. The van der Waals surface area contributed by atoms with E-state index in [4.69, 9.17) is 0 Å². The van der Waals surface area contributed by atoms with Crippen molar-refractivity contribution in [1.29, 1.82) is 0 Å². The molecule has 205 valence electrons. The van der Waals surface area contributed by atoms with Crippen LogP contribution in [0.5, 0.6) is 0 Å². The molecule has 3 aliphatic rings. The molecule has 0 bridgehead atoms. The third-order valence-electron chi connectivity index (χ3n) is 8.46. The average molecular weight is 538 g/mol. The van der Waals surface area contributed by atoms with E-state index in [-0.39, 0.29) is 0 Å². The summed E-state index contributed by atoms with van der Waals surface area (Å²) in [5.74, 6) is 0. The van der Waals surface area contributed by atoms with Gasteiger partial charge in [0.2, 0.25) is 0 Å². The summed E-state index contributed by atoms with van der Waals surface area (Å²) in [6.45, 7) is 0.